The molecule has 0 N–H and O–H groups in total. The minimum Gasteiger partial charge on any atom is -0.454 e. The van der Waals surface area contributed by atoms with Crippen molar-refractivity contribution in [1.29, 1.82) is 0 Å². The highest BCUT2D eigenvalue weighted by Crippen LogP contribution is 2.32. The van der Waals surface area contributed by atoms with Crippen LogP contribution in [-0.4, -0.2) is 33.7 Å². The lowest BCUT2D eigenvalue weighted by molar-refractivity contribution is -0.103. The summed E-state index contributed by atoms with van der Waals surface area (Å²) in [6.07, 6.45) is -0.335. The number of rotatable bonds is 3. The van der Waals surface area contributed by atoms with Crippen molar-refractivity contribution >= 4 is 53.2 Å². The molecule has 0 aliphatic carbocycles. The molecule has 0 unspecified atom stereocenters. The zero-order valence-electron chi connectivity index (χ0n) is 9.23. The Morgan fingerprint density at radius 1 is 1.42 bits per heavy atom. The van der Waals surface area contributed by atoms with Gasteiger partial charge in [0.05, 0.1) is 23.8 Å². The van der Waals surface area contributed by atoms with Gasteiger partial charge >= 0.3 is 5.97 Å². The molecule has 0 spiro atoms. The van der Waals surface area contributed by atoms with Crippen molar-refractivity contribution in [2.24, 2.45) is 0 Å². The largest absolute Gasteiger partial charge is 0.454 e. The molecule has 2 rings (SSSR count). The highest BCUT2D eigenvalue weighted by Gasteiger charge is 2.27. The van der Waals surface area contributed by atoms with E-state index in [1.165, 1.54) is 12.1 Å². The molecule has 0 saturated carbocycles. The van der Waals surface area contributed by atoms with E-state index in [9.17, 15) is 13.2 Å². The van der Waals surface area contributed by atoms with Crippen LogP contribution in [0.2, 0.25) is 5.02 Å². The standard InChI is InChI=1S/C10H7BrCl2O5S/c11-5-1-7(10(14)18-6-3-17-4-6)9(12)8(2-5)19(13,15)16/h1-2,6H,3-4H2. The first kappa shape index (κ1) is 15.1. The summed E-state index contributed by atoms with van der Waals surface area (Å²) in [5, 5.41) is -0.261. The summed E-state index contributed by atoms with van der Waals surface area (Å²) in [4.78, 5) is 11.5. The lowest BCUT2D eigenvalue weighted by Gasteiger charge is -2.25. The molecular weight excluding hydrogens is 383 g/mol. The average molecular weight is 390 g/mol. The smallest absolute Gasteiger partial charge is 0.340 e. The van der Waals surface area contributed by atoms with Crippen LogP contribution in [0, 0.1) is 0 Å². The van der Waals surface area contributed by atoms with Crippen LogP contribution in [0.3, 0.4) is 0 Å². The molecule has 1 aromatic rings. The molecule has 1 heterocycles. The number of carbonyl (C=O) groups is 1. The van der Waals surface area contributed by atoms with Gasteiger partial charge in [0.15, 0.2) is 0 Å². The Balaban J connectivity index is 2.39. The van der Waals surface area contributed by atoms with Gasteiger partial charge < -0.3 is 9.47 Å². The van der Waals surface area contributed by atoms with E-state index < -0.39 is 15.0 Å². The van der Waals surface area contributed by atoms with Crippen molar-refractivity contribution in [3.8, 4) is 0 Å². The fourth-order valence-electron chi connectivity index (χ4n) is 1.39. The van der Waals surface area contributed by atoms with E-state index in [-0.39, 0.29) is 21.6 Å². The predicted octanol–water partition coefficient (Wildman–Crippen LogP) is 2.59. The zero-order valence-corrected chi connectivity index (χ0v) is 13.1. The van der Waals surface area contributed by atoms with Crippen molar-refractivity contribution in [1.82, 2.24) is 0 Å². The molecule has 0 bridgehead atoms. The number of esters is 1. The number of hydrogen-bond acceptors (Lipinski definition) is 5. The summed E-state index contributed by atoms with van der Waals surface area (Å²) >= 11 is 8.98. The highest BCUT2D eigenvalue weighted by molar-refractivity contribution is 9.10. The van der Waals surface area contributed by atoms with Gasteiger partial charge in [-0.1, -0.05) is 27.5 Å². The monoisotopic (exact) mass is 388 g/mol. The molecule has 104 valence electrons. The van der Waals surface area contributed by atoms with Gasteiger partial charge in [0.2, 0.25) is 0 Å². The van der Waals surface area contributed by atoms with E-state index >= 15 is 0 Å². The number of ether oxygens (including phenoxy) is 2. The molecule has 5 nitrogen and oxygen atoms in total. The fraction of sp³-hybridized carbons (Fsp3) is 0.300. The lowest BCUT2D eigenvalue weighted by atomic mass is 10.2. The third kappa shape index (κ3) is 3.41. The maximum atomic E-state index is 11.9. The molecule has 0 radical (unpaired) electrons. The Morgan fingerprint density at radius 2 is 2.05 bits per heavy atom. The SMILES string of the molecule is O=C(OC1COC1)c1cc(Br)cc(S(=O)(=O)Cl)c1Cl. The molecule has 1 aliphatic heterocycles. The van der Waals surface area contributed by atoms with E-state index in [2.05, 4.69) is 15.9 Å². The molecule has 19 heavy (non-hydrogen) atoms. The average Bonchev–Trinajstić information content (AvgIpc) is 2.24. The topological polar surface area (TPSA) is 69.7 Å². The van der Waals surface area contributed by atoms with Crippen LogP contribution in [0.25, 0.3) is 0 Å². The van der Waals surface area contributed by atoms with Gasteiger partial charge in [-0.2, -0.15) is 0 Å². The predicted molar refractivity (Wildman–Crippen MR) is 72.2 cm³/mol. The van der Waals surface area contributed by atoms with Gasteiger partial charge in [-0.05, 0) is 12.1 Å². The highest BCUT2D eigenvalue weighted by atomic mass is 79.9. The second kappa shape index (κ2) is 5.57. The van der Waals surface area contributed by atoms with E-state index in [0.29, 0.717) is 17.7 Å². The van der Waals surface area contributed by atoms with E-state index in [1.807, 2.05) is 0 Å². The van der Waals surface area contributed by atoms with Crippen molar-refractivity contribution in [2.75, 3.05) is 13.2 Å². The first-order valence-electron chi connectivity index (χ1n) is 5.01. The molecule has 0 amide bonds. The Labute approximate surface area is 127 Å². The Hall–Kier alpha value is -0.340. The number of benzene rings is 1. The normalized spacial score (nSPS) is 15.9. The van der Waals surface area contributed by atoms with Gasteiger partial charge in [-0.15, -0.1) is 0 Å². The number of hydrogen-bond donors (Lipinski definition) is 0. The quantitative estimate of drug-likeness (QED) is 0.587. The number of carbonyl (C=O) groups excluding carboxylic acids is 1. The minimum atomic E-state index is -4.05. The van der Waals surface area contributed by atoms with Gasteiger partial charge in [0, 0.05) is 15.2 Å². The lowest BCUT2D eigenvalue weighted by Crippen LogP contribution is -2.37. The van der Waals surface area contributed by atoms with Gasteiger partial charge in [-0.3, -0.25) is 0 Å². The molecule has 0 atom stereocenters. The summed E-state index contributed by atoms with van der Waals surface area (Å²) in [6, 6.07) is 2.59. The molecule has 1 aromatic carbocycles. The second-order valence-electron chi connectivity index (χ2n) is 3.77. The molecule has 9 heteroatoms. The summed E-state index contributed by atoms with van der Waals surface area (Å²) in [6.45, 7) is 0.635. The van der Waals surface area contributed by atoms with Crippen molar-refractivity contribution in [2.45, 2.75) is 11.0 Å². The van der Waals surface area contributed by atoms with E-state index in [0.717, 1.165) is 0 Å². The second-order valence-corrected chi connectivity index (χ2v) is 7.60. The van der Waals surface area contributed by atoms with Crippen molar-refractivity contribution in [3.05, 3.63) is 27.2 Å². The van der Waals surface area contributed by atoms with Crippen LogP contribution in [0.5, 0.6) is 0 Å². The van der Waals surface area contributed by atoms with Crippen LogP contribution >= 0.6 is 38.2 Å². The van der Waals surface area contributed by atoms with Crippen LogP contribution in [0.15, 0.2) is 21.5 Å². The van der Waals surface area contributed by atoms with E-state index in [4.69, 9.17) is 31.8 Å². The maximum absolute atomic E-state index is 11.9. The maximum Gasteiger partial charge on any atom is 0.340 e. The molecular formula is C10H7BrCl2O5S. The van der Waals surface area contributed by atoms with E-state index in [1.54, 1.807) is 0 Å². The Morgan fingerprint density at radius 3 is 2.53 bits per heavy atom. The van der Waals surface area contributed by atoms with Crippen LogP contribution < -0.4 is 0 Å². The number of halogens is 3. The third-order valence-electron chi connectivity index (χ3n) is 2.37. The first-order valence-corrected chi connectivity index (χ1v) is 8.49. The zero-order chi connectivity index (χ0) is 14.2. The van der Waals surface area contributed by atoms with Crippen molar-refractivity contribution < 1.29 is 22.7 Å². The molecule has 0 aromatic heterocycles. The van der Waals surface area contributed by atoms with Gasteiger partial charge in [0.1, 0.15) is 11.0 Å². The van der Waals surface area contributed by atoms with Crippen molar-refractivity contribution in [3.63, 3.8) is 0 Å². The van der Waals surface area contributed by atoms with Crippen LogP contribution in [0.1, 0.15) is 10.4 Å². The minimum absolute atomic E-state index is 0.0674. The Bertz CT molecular complexity index is 627. The molecule has 1 fully saturated rings. The van der Waals surface area contributed by atoms with Gasteiger partial charge in [-0.25, -0.2) is 13.2 Å². The Kier molecular flexibility index (Phi) is 4.42. The summed E-state index contributed by atoms with van der Waals surface area (Å²) < 4.78 is 33.0. The summed E-state index contributed by atoms with van der Waals surface area (Å²) in [7, 11) is 1.20. The van der Waals surface area contributed by atoms with Crippen LogP contribution in [0.4, 0.5) is 0 Å². The molecule has 1 saturated heterocycles. The van der Waals surface area contributed by atoms with Gasteiger partial charge in [0.25, 0.3) is 9.05 Å². The third-order valence-corrected chi connectivity index (χ3v) is 4.69. The first-order chi connectivity index (χ1) is 8.79. The molecule has 1 aliphatic rings. The summed E-state index contributed by atoms with van der Waals surface area (Å²) in [5.74, 6) is -0.721. The fourth-order valence-corrected chi connectivity index (χ4v) is 3.56. The summed E-state index contributed by atoms with van der Waals surface area (Å²) in [5.41, 5.74) is -0.0674. The van der Waals surface area contributed by atoms with Crippen LogP contribution in [-0.2, 0) is 18.5 Å².